The Morgan fingerprint density at radius 2 is 1.58 bits per heavy atom. The Balaban J connectivity index is 1.55. The van der Waals surface area contributed by atoms with E-state index >= 15 is 0 Å². The van der Waals surface area contributed by atoms with Crippen LogP contribution < -0.4 is 19.8 Å². The van der Waals surface area contributed by atoms with Gasteiger partial charge in [-0.05, 0) is 33.1 Å². The largest absolute Gasteiger partial charge is 0.454 e. The molecule has 0 amide bonds. The van der Waals surface area contributed by atoms with Crippen molar-refractivity contribution in [1.29, 1.82) is 0 Å². The van der Waals surface area contributed by atoms with E-state index in [0.29, 0.717) is 17.8 Å². The molecule has 3 aromatic carbocycles. The smallest absolute Gasteiger partial charge is 0.261 e. The normalized spacial score (nSPS) is 23.6. The number of aldehydes is 1. The molecule has 0 spiro atoms. The van der Waals surface area contributed by atoms with E-state index in [9.17, 15) is 9.90 Å². The van der Waals surface area contributed by atoms with Gasteiger partial charge in [-0.25, -0.2) is 0 Å². The molecule has 1 saturated heterocycles. The monoisotopic (exact) mass is 504 g/mol. The van der Waals surface area contributed by atoms with Crippen LogP contribution in [0.15, 0.2) is 78.9 Å². The van der Waals surface area contributed by atoms with Crippen LogP contribution in [0.4, 0.5) is 0 Å². The molecular weight excluding hydrogens is 472 g/mol. The third-order valence-electron chi connectivity index (χ3n) is 7.33. The predicted molar refractivity (Wildman–Crippen MR) is 139 cm³/mol. The molecule has 1 fully saturated rings. The average Bonchev–Trinajstić information content (AvgIpc) is 3.49. The summed E-state index contributed by atoms with van der Waals surface area (Å²) in [5.41, 5.74) is -0.847. The summed E-state index contributed by atoms with van der Waals surface area (Å²) in [5, 5.41) is 13.4. The Kier molecular flexibility index (Phi) is 6.51. The topological polar surface area (TPSA) is 74.2 Å². The number of hydrogen-bond donors (Lipinski definition) is 1. The van der Waals surface area contributed by atoms with E-state index in [4.69, 9.17) is 18.6 Å². The van der Waals surface area contributed by atoms with Crippen molar-refractivity contribution in [2.45, 2.75) is 37.5 Å². The summed E-state index contributed by atoms with van der Waals surface area (Å²) in [4.78, 5) is 12.1. The van der Waals surface area contributed by atoms with Crippen LogP contribution in [0.3, 0.4) is 0 Å². The van der Waals surface area contributed by atoms with Gasteiger partial charge in [0.1, 0.15) is 0 Å². The molecule has 0 unspecified atom stereocenters. The van der Waals surface area contributed by atoms with Crippen LogP contribution in [0.2, 0.25) is 5.04 Å². The summed E-state index contributed by atoms with van der Waals surface area (Å²) < 4.78 is 24.1. The molecule has 0 saturated carbocycles. The molecule has 6 nitrogen and oxygen atoms in total. The van der Waals surface area contributed by atoms with E-state index in [1.165, 1.54) is 0 Å². The number of hydrogen-bond acceptors (Lipinski definition) is 6. The molecule has 188 valence electrons. The molecule has 3 aromatic rings. The zero-order chi connectivity index (χ0) is 25.4. The maximum atomic E-state index is 12.1. The standard InChI is InChI=1S/C29H32O6Si/c1-28(2,3)36(22-10-6-4-7-11-22,23-12-8-5-9-13-23)35-17-24-27(32-19-29(24,31)18-30)21-14-15-25-26(16-21)34-20-33-25/h4-16,18,24,27,31H,17,19-20H2,1-3H3/t24-,27-,29-/m1/s1. The fourth-order valence-corrected chi connectivity index (χ4v) is 10.0. The number of aliphatic hydroxyl groups is 1. The molecule has 36 heavy (non-hydrogen) atoms. The lowest BCUT2D eigenvalue weighted by atomic mass is 9.85. The Morgan fingerprint density at radius 1 is 0.972 bits per heavy atom. The minimum absolute atomic E-state index is 0.0929. The lowest BCUT2D eigenvalue weighted by Crippen LogP contribution is -2.67. The first kappa shape index (κ1) is 24.7. The van der Waals surface area contributed by atoms with Gasteiger partial charge < -0.3 is 28.5 Å². The highest BCUT2D eigenvalue weighted by atomic mass is 28.4. The van der Waals surface area contributed by atoms with Gasteiger partial charge in [-0.15, -0.1) is 0 Å². The van der Waals surface area contributed by atoms with Gasteiger partial charge in [-0.2, -0.15) is 0 Å². The zero-order valence-electron chi connectivity index (χ0n) is 20.8. The van der Waals surface area contributed by atoms with Crippen LogP contribution in [0, 0.1) is 5.92 Å². The van der Waals surface area contributed by atoms with Gasteiger partial charge in [-0.3, -0.25) is 0 Å². The molecule has 2 aliphatic rings. The second-order valence-corrected chi connectivity index (χ2v) is 14.8. The first-order valence-corrected chi connectivity index (χ1v) is 14.1. The lowest BCUT2D eigenvalue weighted by molar-refractivity contribution is -0.128. The van der Waals surface area contributed by atoms with Crippen molar-refractivity contribution >= 4 is 25.0 Å². The van der Waals surface area contributed by atoms with Crippen molar-refractivity contribution < 1.29 is 28.5 Å². The van der Waals surface area contributed by atoms with Crippen molar-refractivity contribution in [3.63, 3.8) is 0 Å². The van der Waals surface area contributed by atoms with Crippen LogP contribution in [-0.2, 0) is 14.0 Å². The summed E-state index contributed by atoms with van der Waals surface area (Å²) in [5.74, 6) is 0.698. The molecule has 5 rings (SSSR count). The number of benzene rings is 3. The third kappa shape index (κ3) is 4.16. The van der Waals surface area contributed by atoms with Crippen molar-refractivity contribution in [3.8, 4) is 11.5 Å². The van der Waals surface area contributed by atoms with Gasteiger partial charge in [0.25, 0.3) is 8.32 Å². The molecule has 0 radical (unpaired) electrons. The van der Waals surface area contributed by atoms with Gasteiger partial charge in [0, 0.05) is 12.5 Å². The van der Waals surface area contributed by atoms with Crippen molar-refractivity contribution in [2.75, 3.05) is 20.0 Å². The molecule has 1 N–H and O–H groups in total. The summed E-state index contributed by atoms with van der Waals surface area (Å²) in [6, 6.07) is 26.2. The molecule has 3 atom stereocenters. The third-order valence-corrected chi connectivity index (χ3v) is 12.3. The quantitative estimate of drug-likeness (QED) is 0.392. The zero-order valence-corrected chi connectivity index (χ0v) is 21.8. The van der Waals surface area contributed by atoms with Crippen LogP contribution >= 0.6 is 0 Å². The van der Waals surface area contributed by atoms with E-state index in [0.717, 1.165) is 15.9 Å². The average molecular weight is 505 g/mol. The highest BCUT2D eigenvalue weighted by Gasteiger charge is 2.54. The second kappa shape index (κ2) is 9.48. The number of fused-ring (bicyclic) bond motifs is 1. The first-order valence-electron chi connectivity index (χ1n) is 12.2. The van der Waals surface area contributed by atoms with Gasteiger partial charge >= 0.3 is 0 Å². The maximum Gasteiger partial charge on any atom is 0.261 e. The summed E-state index contributed by atoms with van der Waals surface area (Å²) >= 11 is 0. The van der Waals surface area contributed by atoms with Crippen LogP contribution in [0.25, 0.3) is 0 Å². The van der Waals surface area contributed by atoms with E-state index in [-0.39, 0.29) is 25.0 Å². The molecule has 2 heterocycles. The van der Waals surface area contributed by atoms with Crippen LogP contribution in [0.5, 0.6) is 11.5 Å². The second-order valence-electron chi connectivity index (χ2n) is 10.5. The summed E-state index contributed by atoms with van der Waals surface area (Å²) in [7, 11) is -2.87. The Bertz CT molecular complexity index is 1170. The summed E-state index contributed by atoms with van der Waals surface area (Å²) in [6.45, 7) is 6.83. The van der Waals surface area contributed by atoms with E-state index in [1.807, 2.05) is 54.6 Å². The van der Waals surface area contributed by atoms with Crippen molar-refractivity contribution in [1.82, 2.24) is 0 Å². The highest BCUT2D eigenvalue weighted by Crippen LogP contribution is 2.45. The van der Waals surface area contributed by atoms with E-state index < -0.39 is 25.9 Å². The minimum atomic E-state index is -2.87. The van der Waals surface area contributed by atoms with E-state index in [1.54, 1.807) is 0 Å². The predicted octanol–water partition coefficient (Wildman–Crippen LogP) is 3.61. The SMILES string of the molecule is CC(C)(C)[Si](OC[C@@H]1[C@@H](c2ccc3c(c2)OCO3)OC[C@]1(O)C=O)(c1ccccc1)c1ccccc1. The van der Waals surface area contributed by atoms with Crippen molar-refractivity contribution in [3.05, 3.63) is 84.4 Å². The fraction of sp³-hybridized carbons (Fsp3) is 0.345. The molecule has 7 heteroatoms. The van der Waals surface area contributed by atoms with Gasteiger partial charge in [-0.1, -0.05) is 87.5 Å². The van der Waals surface area contributed by atoms with Crippen molar-refractivity contribution in [2.24, 2.45) is 5.92 Å². The molecule has 0 aromatic heterocycles. The maximum absolute atomic E-state index is 12.1. The Hall–Kier alpha value is -2.97. The number of carbonyl (C=O) groups is 1. The molecular formula is C29H32O6Si. The van der Waals surface area contributed by atoms with Gasteiger partial charge in [0.2, 0.25) is 6.79 Å². The number of carbonyl (C=O) groups excluding carboxylic acids is 1. The van der Waals surface area contributed by atoms with Gasteiger partial charge in [0.05, 0.1) is 12.7 Å². The fourth-order valence-electron chi connectivity index (χ4n) is 5.46. The number of rotatable bonds is 7. The first-order chi connectivity index (χ1) is 17.3. The van der Waals surface area contributed by atoms with Crippen LogP contribution in [0.1, 0.15) is 32.4 Å². The van der Waals surface area contributed by atoms with Crippen LogP contribution in [-0.4, -0.2) is 45.3 Å². The molecule has 0 aliphatic carbocycles. The Morgan fingerprint density at radius 3 is 2.17 bits per heavy atom. The highest BCUT2D eigenvalue weighted by molar-refractivity contribution is 6.99. The minimum Gasteiger partial charge on any atom is -0.454 e. The van der Waals surface area contributed by atoms with Gasteiger partial charge in [0.15, 0.2) is 23.4 Å². The Labute approximate surface area is 212 Å². The molecule has 2 aliphatic heterocycles. The van der Waals surface area contributed by atoms with E-state index in [2.05, 4.69) is 45.0 Å². The lowest BCUT2D eigenvalue weighted by Gasteiger charge is -2.44. The molecule has 0 bridgehead atoms. The summed E-state index contributed by atoms with van der Waals surface area (Å²) in [6.07, 6.45) is 0.0623. The number of ether oxygens (including phenoxy) is 3.